The van der Waals surface area contributed by atoms with Crippen LogP contribution in [-0.4, -0.2) is 9.91 Å². The van der Waals surface area contributed by atoms with Crippen LogP contribution in [0.15, 0.2) is 47.1 Å². The van der Waals surface area contributed by atoms with Crippen molar-refractivity contribution in [3.63, 3.8) is 0 Å². The number of pyridine rings is 1. The Hall–Kier alpha value is -2.76. The molecule has 0 aliphatic carbocycles. The predicted molar refractivity (Wildman–Crippen MR) is 67.3 cm³/mol. The second-order valence-corrected chi connectivity index (χ2v) is 4.19. The quantitative estimate of drug-likeness (QED) is 0.400. The van der Waals surface area contributed by atoms with E-state index >= 15 is 0 Å². The third-order valence-electron chi connectivity index (χ3n) is 2.77. The van der Waals surface area contributed by atoms with Crippen molar-refractivity contribution in [2.45, 2.75) is 0 Å². The molecule has 2 heterocycles. The molecule has 3 rings (SSSR count). The maximum atomic E-state index is 10.7. The van der Waals surface area contributed by atoms with Gasteiger partial charge in [-0.2, -0.15) is 0 Å². The molecular weight excluding hydrogens is 246 g/mol. The molecule has 2 aromatic heterocycles. The van der Waals surface area contributed by atoms with Crippen LogP contribution in [0, 0.1) is 10.1 Å². The van der Waals surface area contributed by atoms with Gasteiger partial charge < -0.3 is 4.42 Å². The number of fused-ring (bicyclic) bond motifs is 1. The summed E-state index contributed by atoms with van der Waals surface area (Å²) in [6.45, 7) is 0. The summed E-state index contributed by atoms with van der Waals surface area (Å²) in [6, 6.07) is 8.14. The molecule has 6 heteroatoms. The van der Waals surface area contributed by atoms with Crippen LogP contribution >= 0.6 is 0 Å². The van der Waals surface area contributed by atoms with Crippen LogP contribution in [0.1, 0.15) is 0 Å². The second-order valence-electron chi connectivity index (χ2n) is 4.19. The molecule has 0 fully saturated rings. The highest BCUT2D eigenvalue weighted by molar-refractivity contribution is 5.78. The number of hydrogen-bond donors (Lipinski definition) is 0. The van der Waals surface area contributed by atoms with Gasteiger partial charge in [0.05, 0.1) is 11.0 Å². The number of aromatic nitrogens is 2. The number of nitro groups is 1. The van der Waals surface area contributed by atoms with E-state index < -0.39 is 4.92 Å². The van der Waals surface area contributed by atoms with Gasteiger partial charge in [-0.3, -0.25) is 10.1 Å². The van der Waals surface area contributed by atoms with Gasteiger partial charge in [-0.25, -0.2) is 9.55 Å². The maximum absolute atomic E-state index is 10.7. The van der Waals surface area contributed by atoms with Gasteiger partial charge in [0.15, 0.2) is 18.0 Å². The molecule has 0 spiro atoms. The topological polar surface area (TPSA) is 73.0 Å². The molecule has 3 aromatic rings. The number of nitrogens with zero attached hydrogens (tertiary/aromatic N) is 3. The Morgan fingerprint density at radius 3 is 2.95 bits per heavy atom. The van der Waals surface area contributed by atoms with Gasteiger partial charge >= 0.3 is 0 Å². The van der Waals surface area contributed by atoms with Gasteiger partial charge in [-0.1, -0.05) is 0 Å². The summed E-state index contributed by atoms with van der Waals surface area (Å²) in [6.07, 6.45) is 3.77. The zero-order valence-electron chi connectivity index (χ0n) is 10.1. The molecule has 0 saturated carbocycles. The first-order valence-electron chi connectivity index (χ1n) is 5.64. The maximum Gasteiger partial charge on any atom is 0.273 e. The molecule has 0 aliphatic rings. The number of oxazole rings is 1. The zero-order chi connectivity index (χ0) is 13.4. The van der Waals surface area contributed by atoms with Crippen LogP contribution in [0.3, 0.4) is 0 Å². The van der Waals surface area contributed by atoms with Crippen LogP contribution in [0.25, 0.3) is 22.6 Å². The lowest BCUT2D eigenvalue weighted by atomic mass is 10.3. The van der Waals surface area contributed by atoms with E-state index in [0.29, 0.717) is 17.0 Å². The molecule has 0 N–H and O–H groups in total. The van der Waals surface area contributed by atoms with Crippen LogP contribution < -0.4 is 4.57 Å². The standard InChI is InChI=1S/C13H10N3O3/c1-15-6-2-3-9(8-15)13-14-11-5-4-10(16(17)18)7-12(11)19-13/h2-8H,1H3/q+1. The monoisotopic (exact) mass is 256 g/mol. The minimum atomic E-state index is -0.454. The first-order chi connectivity index (χ1) is 9.13. The highest BCUT2D eigenvalue weighted by Gasteiger charge is 2.14. The molecule has 0 atom stereocenters. The van der Waals surface area contributed by atoms with E-state index in [1.165, 1.54) is 12.1 Å². The molecule has 0 amide bonds. The Labute approximate surface area is 108 Å². The minimum Gasteiger partial charge on any atom is -0.436 e. The summed E-state index contributed by atoms with van der Waals surface area (Å²) >= 11 is 0. The third-order valence-corrected chi connectivity index (χ3v) is 2.77. The Morgan fingerprint density at radius 1 is 1.37 bits per heavy atom. The molecule has 0 radical (unpaired) electrons. The van der Waals surface area contributed by atoms with Crippen molar-refractivity contribution in [2.75, 3.05) is 0 Å². The van der Waals surface area contributed by atoms with Crippen molar-refractivity contribution >= 4 is 16.8 Å². The van der Waals surface area contributed by atoms with Crippen LogP contribution in [0.2, 0.25) is 0 Å². The number of aryl methyl sites for hydroxylation is 1. The molecule has 6 nitrogen and oxygen atoms in total. The van der Waals surface area contributed by atoms with Gasteiger partial charge in [0.25, 0.3) is 5.69 Å². The number of non-ortho nitro benzene ring substituents is 1. The Kier molecular flexibility index (Phi) is 2.49. The molecule has 0 aliphatic heterocycles. The summed E-state index contributed by atoms with van der Waals surface area (Å²) in [7, 11) is 1.90. The summed E-state index contributed by atoms with van der Waals surface area (Å²) < 4.78 is 7.45. The first-order valence-corrected chi connectivity index (χ1v) is 5.64. The Balaban J connectivity index is 2.14. The fraction of sp³-hybridized carbons (Fsp3) is 0.0769. The van der Waals surface area contributed by atoms with E-state index in [1.54, 1.807) is 6.07 Å². The van der Waals surface area contributed by atoms with Crippen molar-refractivity contribution in [1.82, 2.24) is 4.98 Å². The summed E-state index contributed by atoms with van der Waals surface area (Å²) in [4.78, 5) is 14.6. The lowest BCUT2D eigenvalue weighted by molar-refractivity contribution is -0.671. The van der Waals surface area contributed by atoms with Crippen molar-refractivity contribution in [3.05, 3.63) is 52.8 Å². The van der Waals surface area contributed by atoms with Crippen molar-refractivity contribution < 1.29 is 13.9 Å². The number of nitro benzene ring substituents is 1. The van der Waals surface area contributed by atoms with E-state index in [4.69, 9.17) is 4.42 Å². The van der Waals surface area contributed by atoms with Crippen LogP contribution in [0.4, 0.5) is 5.69 Å². The molecule has 0 bridgehead atoms. The summed E-state index contributed by atoms with van der Waals surface area (Å²) in [5.41, 5.74) is 1.83. The molecule has 0 saturated heterocycles. The number of hydrogen-bond acceptors (Lipinski definition) is 4. The lowest BCUT2D eigenvalue weighted by Gasteiger charge is -1.91. The highest BCUT2D eigenvalue weighted by atomic mass is 16.6. The Bertz CT molecular complexity index is 780. The van der Waals surface area contributed by atoms with Gasteiger partial charge in [0.1, 0.15) is 18.1 Å². The molecule has 0 unspecified atom stereocenters. The zero-order valence-corrected chi connectivity index (χ0v) is 10.1. The van der Waals surface area contributed by atoms with E-state index in [-0.39, 0.29) is 5.69 Å². The van der Waals surface area contributed by atoms with E-state index in [9.17, 15) is 10.1 Å². The first kappa shape index (κ1) is 11.3. The van der Waals surface area contributed by atoms with Gasteiger partial charge in [0, 0.05) is 12.1 Å². The Morgan fingerprint density at radius 2 is 2.21 bits per heavy atom. The number of rotatable bonds is 2. The van der Waals surface area contributed by atoms with Crippen molar-refractivity contribution in [3.8, 4) is 11.5 Å². The average molecular weight is 256 g/mol. The highest BCUT2D eigenvalue weighted by Crippen LogP contribution is 2.26. The minimum absolute atomic E-state index is 0.00572. The molecule has 19 heavy (non-hydrogen) atoms. The van der Waals surface area contributed by atoms with Crippen LogP contribution in [-0.2, 0) is 7.05 Å². The summed E-state index contributed by atoms with van der Waals surface area (Å²) in [5, 5.41) is 10.7. The van der Waals surface area contributed by atoms with Crippen molar-refractivity contribution in [1.29, 1.82) is 0 Å². The van der Waals surface area contributed by atoms with Gasteiger partial charge in [-0.15, -0.1) is 0 Å². The smallest absolute Gasteiger partial charge is 0.273 e. The lowest BCUT2D eigenvalue weighted by Crippen LogP contribution is -2.26. The SMILES string of the molecule is C[n+]1cccc(-c2nc3ccc([N+](=O)[O-])cc3o2)c1. The largest absolute Gasteiger partial charge is 0.436 e. The van der Waals surface area contributed by atoms with E-state index in [2.05, 4.69) is 4.98 Å². The van der Waals surface area contributed by atoms with Crippen molar-refractivity contribution in [2.24, 2.45) is 7.05 Å². The summed E-state index contributed by atoms with van der Waals surface area (Å²) in [5.74, 6) is 0.451. The predicted octanol–water partition coefficient (Wildman–Crippen LogP) is 2.23. The number of benzene rings is 1. The molecule has 94 valence electrons. The van der Waals surface area contributed by atoms with Crippen LogP contribution in [0.5, 0.6) is 0 Å². The third kappa shape index (κ3) is 2.03. The van der Waals surface area contributed by atoms with Gasteiger partial charge in [0.2, 0.25) is 5.89 Å². The van der Waals surface area contributed by atoms with E-state index in [1.807, 2.05) is 36.1 Å². The molecule has 1 aromatic carbocycles. The van der Waals surface area contributed by atoms with E-state index in [0.717, 1.165) is 5.56 Å². The fourth-order valence-corrected chi connectivity index (χ4v) is 1.86. The fourth-order valence-electron chi connectivity index (χ4n) is 1.86. The second kappa shape index (κ2) is 4.16. The average Bonchev–Trinajstić information content (AvgIpc) is 2.81. The van der Waals surface area contributed by atoms with Gasteiger partial charge in [-0.05, 0) is 12.1 Å². The normalized spacial score (nSPS) is 10.8. The molecular formula is C13H10N3O3+.